The van der Waals surface area contributed by atoms with Crippen LogP contribution in [-0.2, 0) is 4.79 Å². The molecule has 0 aliphatic carbocycles. The molecule has 4 nitrogen and oxygen atoms in total. The SMILES string of the molecule is CC1C(=O)N([SeH])C(=O)N1C. The average Bonchev–Trinajstić information content (AvgIpc) is 2.07. The summed E-state index contributed by atoms with van der Waals surface area (Å²) in [6, 6.07) is -0.562. The maximum absolute atomic E-state index is 11.0. The van der Waals surface area contributed by atoms with Crippen molar-refractivity contribution in [1.29, 1.82) is 0 Å². The topological polar surface area (TPSA) is 40.6 Å². The van der Waals surface area contributed by atoms with Gasteiger partial charge in [0.2, 0.25) is 0 Å². The summed E-state index contributed by atoms with van der Waals surface area (Å²) >= 11 is 1.94. The number of rotatable bonds is 0. The van der Waals surface area contributed by atoms with E-state index < -0.39 is 0 Å². The molecule has 0 bridgehead atoms. The van der Waals surface area contributed by atoms with E-state index in [-0.39, 0.29) is 18.0 Å². The fraction of sp³-hybridized carbons (Fsp3) is 0.600. The zero-order valence-electron chi connectivity index (χ0n) is 5.74. The molecule has 56 valence electrons. The van der Waals surface area contributed by atoms with E-state index in [2.05, 4.69) is 0 Å². The van der Waals surface area contributed by atoms with Crippen LogP contribution in [0.1, 0.15) is 6.92 Å². The van der Waals surface area contributed by atoms with Crippen molar-refractivity contribution in [3.05, 3.63) is 0 Å². The van der Waals surface area contributed by atoms with Gasteiger partial charge in [0, 0.05) is 0 Å². The standard InChI is InChI=1S/C5H8N2O2Se/c1-3-4(8)7(10)5(9)6(3)2/h3,10H,1-2H3. The van der Waals surface area contributed by atoms with Crippen molar-refractivity contribution < 1.29 is 9.59 Å². The van der Waals surface area contributed by atoms with E-state index in [1.807, 2.05) is 16.2 Å². The molecule has 1 aliphatic rings. The molecule has 3 amide bonds. The van der Waals surface area contributed by atoms with E-state index in [9.17, 15) is 9.59 Å². The number of hydrogen-bond donors (Lipinski definition) is 0. The third-order valence-electron chi connectivity index (χ3n) is 1.63. The summed E-state index contributed by atoms with van der Waals surface area (Å²) in [5, 5.41) is 0. The van der Waals surface area contributed by atoms with Crippen LogP contribution in [-0.4, -0.2) is 50.1 Å². The quantitative estimate of drug-likeness (QED) is 0.381. The Morgan fingerprint density at radius 1 is 1.50 bits per heavy atom. The molecule has 1 unspecified atom stereocenters. The number of urea groups is 1. The minimum absolute atomic E-state index is 0.160. The number of imide groups is 1. The van der Waals surface area contributed by atoms with Crippen molar-refractivity contribution in [3.8, 4) is 0 Å². The first-order chi connectivity index (χ1) is 4.55. The number of carbonyl (C=O) groups is 2. The Balaban J connectivity index is 2.89. The Bertz CT molecular complexity index is 174. The molecule has 1 fully saturated rings. The Morgan fingerprint density at radius 2 is 2.00 bits per heavy atom. The van der Waals surface area contributed by atoms with Gasteiger partial charge in [0.25, 0.3) is 0 Å². The van der Waals surface area contributed by atoms with Gasteiger partial charge < -0.3 is 0 Å². The van der Waals surface area contributed by atoms with Gasteiger partial charge in [0.05, 0.1) is 0 Å². The fourth-order valence-electron chi connectivity index (χ4n) is 0.752. The third kappa shape index (κ3) is 0.822. The van der Waals surface area contributed by atoms with Crippen LogP contribution in [0.2, 0.25) is 0 Å². The maximum atomic E-state index is 11.0. The van der Waals surface area contributed by atoms with E-state index in [0.29, 0.717) is 0 Å². The van der Waals surface area contributed by atoms with E-state index in [1.54, 1.807) is 14.0 Å². The van der Waals surface area contributed by atoms with Gasteiger partial charge in [-0.25, -0.2) is 0 Å². The Hall–Kier alpha value is -0.541. The second-order valence-corrected chi connectivity index (χ2v) is 3.06. The Kier molecular flexibility index (Phi) is 1.70. The van der Waals surface area contributed by atoms with Crippen LogP contribution in [0.15, 0.2) is 0 Å². The van der Waals surface area contributed by atoms with Gasteiger partial charge in [0.15, 0.2) is 0 Å². The fourth-order valence-corrected chi connectivity index (χ4v) is 1.40. The molecule has 0 aromatic carbocycles. The first-order valence-corrected chi connectivity index (χ1v) is 3.69. The summed E-state index contributed by atoms with van der Waals surface area (Å²) in [4.78, 5) is 23.3. The average molecular weight is 207 g/mol. The zero-order valence-corrected chi connectivity index (χ0v) is 7.61. The van der Waals surface area contributed by atoms with Crippen molar-refractivity contribution in [1.82, 2.24) is 8.82 Å². The number of amides is 3. The van der Waals surface area contributed by atoms with Gasteiger partial charge in [-0.15, -0.1) is 0 Å². The van der Waals surface area contributed by atoms with Gasteiger partial charge in [-0.05, 0) is 0 Å². The first-order valence-electron chi connectivity index (χ1n) is 2.85. The van der Waals surface area contributed by atoms with Crippen LogP contribution in [0, 0.1) is 0 Å². The molecule has 0 saturated carbocycles. The van der Waals surface area contributed by atoms with E-state index in [0.717, 1.165) is 3.92 Å². The summed E-state index contributed by atoms with van der Waals surface area (Å²) in [7, 11) is 1.61. The van der Waals surface area contributed by atoms with E-state index >= 15 is 0 Å². The van der Waals surface area contributed by atoms with Gasteiger partial charge in [-0.3, -0.25) is 0 Å². The summed E-state index contributed by atoms with van der Waals surface area (Å²) < 4.78 is 1.07. The summed E-state index contributed by atoms with van der Waals surface area (Å²) in [6.45, 7) is 1.70. The molecule has 10 heavy (non-hydrogen) atoms. The predicted molar refractivity (Wildman–Crippen MR) is 36.6 cm³/mol. The number of nitrogens with zero attached hydrogens (tertiary/aromatic N) is 2. The van der Waals surface area contributed by atoms with E-state index in [4.69, 9.17) is 0 Å². The minimum atomic E-state index is -0.310. The molecule has 0 aromatic heterocycles. The number of likely N-dealkylation sites (N-methyl/N-ethyl adjacent to an activating group) is 1. The van der Waals surface area contributed by atoms with Crippen molar-refractivity contribution >= 4 is 28.2 Å². The van der Waals surface area contributed by atoms with Crippen molar-refractivity contribution in [3.63, 3.8) is 0 Å². The van der Waals surface area contributed by atoms with Gasteiger partial charge >= 0.3 is 66.6 Å². The Labute approximate surface area is 67.2 Å². The summed E-state index contributed by atoms with van der Waals surface area (Å²) in [6.07, 6.45) is 0. The second-order valence-electron chi connectivity index (χ2n) is 2.22. The molecule has 1 rings (SSSR count). The monoisotopic (exact) mass is 208 g/mol. The van der Waals surface area contributed by atoms with Gasteiger partial charge in [0.1, 0.15) is 0 Å². The molecule has 1 aliphatic heterocycles. The van der Waals surface area contributed by atoms with Crippen LogP contribution in [0.5, 0.6) is 0 Å². The normalized spacial score (nSPS) is 26.5. The number of hydrogen-bond acceptors (Lipinski definition) is 2. The van der Waals surface area contributed by atoms with Crippen molar-refractivity contribution in [2.45, 2.75) is 13.0 Å². The Morgan fingerprint density at radius 3 is 2.10 bits per heavy atom. The van der Waals surface area contributed by atoms with Crippen molar-refractivity contribution in [2.24, 2.45) is 0 Å². The van der Waals surface area contributed by atoms with Crippen LogP contribution >= 0.6 is 0 Å². The molecule has 5 heteroatoms. The third-order valence-corrected chi connectivity index (χ3v) is 2.40. The molecular weight excluding hydrogens is 199 g/mol. The van der Waals surface area contributed by atoms with Crippen LogP contribution in [0.4, 0.5) is 4.79 Å². The van der Waals surface area contributed by atoms with E-state index in [1.165, 1.54) is 4.90 Å². The second kappa shape index (κ2) is 2.25. The first kappa shape index (κ1) is 7.57. The zero-order chi connectivity index (χ0) is 7.89. The molecule has 1 saturated heterocycles. The summed E-state index contributed by atoms with van der Waals surface area (Å²) in [5.41, 5.74) is 0. The molecule has 0 spiro atoms. The van der Waals surface area contributed by atoms with Crippen LogP contribution < -0.4 is 0 Å². The van der Waals surface area contributed by atoms with Crippen LogP contribution in [0.3, 0.4) is 0 Å². The predicted octanol–water partition coefficient (Wildman–Crippen LogP) is -0.915. The molecule has 0 radical (unpaired) electrons. The molecule has 0 N–H and O–H groups in total. The van der Waals surface area contributed by atoms with Gasteiger partial charge in [-0.2, -0.15) is 0 Å². The molecule has 0 aromatic rings. The van der Waals surface area contributed by atoms with Crippen molar-refractivity contribution in [2.75, 3.05) is 7.05 Å². The van der Waals surface area contributed by atoms with Gasteiger partial charge in [-0.1, -0.05) is 0 Å². The van der Waals surface area contributed by atoms with Crippen LogP contribution in [0.25, 0.3) is 0 Å². The molecule has 1 atom stereocenters. The molecule has 1 heterocycles. The summed E-state index contributed by atoms with van der Waals surface area (Å²) in [5.74, 6) is -0.160. The number of carbonyl (C=O) groups excluding carboxylic acids is 2. The molecular formula is C5H8N2O2Se.